The molecule has 2 aromatic carbocycles. The Morgan fingerprint density at radius 2 is 1.97 bits per heavy atom. The highest BCUT2D eigenvalue weighted by atomic mass is 79.9. The molecule has 3 rings (SSSR count). The minimum absolute atomic E-state index is 0.233. The second-order valence-corrected chi connectivity index (χ2v) is 8.50. The summed E-state index contributed by atoms with van der Waals surface area (Å²) >= 11 is 9.55. The number of ether oxygens (including phenoxy) is 2. The maximum absolute atomic E-state index is 13.1. The Morgan fingerprint density at radius 1 is 1.24 bits per heavy atom. The van der Waals surface area contributed by atoms with Gasteiger partial charge in [-0.2, -0.15) is 0 Å². The first-order chi connectivity index (χ1) is 16.2. The fraction of sp³-hybridized carbons (Fsp3) is 0.167. The molecular formula is C24H20BrClN2O6. The van der Waals surface area contributed by atoms with Crippen molar-refractivity contribution in [1.29, 1.82) is 0 Å². The number of rotatable bonds is 7. The zero-order valence-electron chi connectivity index (χ0n) is 18.3. The van der Waals surface area contributed by atoms with Crippen molar-refractivity contribution < 1.29 is 28.7 Å². The second kappa shape index (κ2) is 10.7. The van der Waals surface area contributed by atoms with E-state index in [1.54, 1.807) is 37.3 Å². The third kappa shape index (κ3) is 5.37. The fourth-order valence-electron chi connectivity index (χ4n) is 3.20. The van der Waals surface area contributed by atoms with Gasteiger partial charge in [-0.05, 0) is 76.3 Å². The molecule has 1 heterocycles. The first-order valence-corrected chi connectivity index (χ1v) is 11.1. The summed E-state index contributed by atoms with van der Waals surface area (Å²) in [4.78, 5) is 50.4. The van der Waals surface area contributed by atoms with Crippen LogP contribution < -0.4 is 15.0 Å². The van der Waals surface area contributed by atoms with Crippen LogP contribution in [0.2, 0.25) is 5.02 Å². The Kier molecular flexibility index (Phi) is 7.90. The van der Waals surface area contributed by atoms with E-state index in [-0.39, 0.29) is 17.9 Å². The number of nitrogens with zero attached hydrogens (tertiary/aromatic N) is 1. The second-order valence-electron chi connectivity index (χ2n) is 7.24. The molecule has 2 aromatic rings. The van der Waals surface area contributed by atoms with Crippen molar-refractivity contribution in [3.05, 3.63) is 74.7 Å². The number of esters is 1. The molecule has 0 aromatic heterocycles. The van der Waals surface area contributed by atoms with Crippen molar-refractivity contribution in [2.24, 2.45) is 0 Å². The Morgan fingerprint density at radius 3 is 2.62 bits per heavy atom. The highest BCUT2D eigenvalue weighted by Crippen LogP contribution is 2.33. The van der Waals surface area contributed by atoms with Gasteiger partial charge in [-0.15, -0.1) is 6.58 Å². The molecule has 34 heavy (non-hydrogen) atoms. The summed E-state index contributed by atoms with van der Waals surface area (Å²) in [6.45, 7) is 5.21. The fourth-order valence-corrected chi connectivity index (χ4v) is 4.00. The van der Waals surface area contributed by atoms with Crippen LogP contribution in [0, 0.1) is 6.92 Å². The Balaban J connectivity index is 2.01. The lowest BCUT2D eigenvalue weighted by Gasteiger charge is -2.26. The topological polar surface area (TPSA) is 102 Å². The Bertz CT molecular complexity index is 1240. The highest BCUT2D eigenvalue weighted by molar-refractivity contribution is 9.10. The average Bonchev–Trinajstić information content (AvgIpc) is 2.78. The number of methoxy groups -OCH3 is 1. The van der Waals surface area contributed by atoms with Crippen molar-refractivity contribution in [3.63, 3.8) is 0 Å². The molecule has 1 aliphatic heterocycles. The third-order valence-corrected chi connectivity index (χ3v) is 5.89. The minimum atomic E-state index is -0.868. The van der Waals surface area contributed by atoms with E-state index in [2.05, 4.69) is 32.6 Å². The van der Waals surface area contributed by atoms with Gasteiger partial charge in [-0.25, -0.2) is 14.5 Å². The lowest BCUT2D eigenvalue weighted by molar-refractivity contribution is -0.143. The number of carbonyl (C=O) groups excluding carboxylic acids is 4. The largest absolute Gasteiger partial charge is 0.480 e. The van der Waals surface area contributed by atoms with E-state index in [4.69, 9.17) is 16.3 Å². The average molecular weight is 548 g/mol. The van der Waals surface area contributed by atoms with E-state index in [9.17, 15) is 19.2 Å². The van der Waals surface area contributed by atoms with E-state index in [1.807, 2.05) is 0 Å². The summed E-state index contributed by atoms with van der Waals surface area (Å²) in [6, 6.07) is 7.16. The lowest BCUT2D eigenvalue weighted by atomic mass is 10.0. The molecular weight excluding hydrogens is 528 g/mol. The molecule has 0 saturated carbocycles. The summed E-state index contributed by atoms with van der Waals surface area (Å²) in [6.07, 6.45) is 3.40. The van der Waals surface area contributed by atoms with Gasteiger partial charge in [0, 0.05) is 5.02 Å². The van der Waals surface area contributed by atoms with Gasteiger partial charge in [0.05, 0.1) is 17.3 Å². The number of urea groups is 1. The van der Waals surface area contributed by atoms with E-state index in [0.717, 1.165) is 10.5 Å². The smallest absolute Gasteiger partial charge is 0.343 e. The molecule has 0 bridgehead atoms. The van der Waals surface area contributed by atoms with Crippen LogP contribution >= 0.6 is 27.5 Å². The molecule has 4 amide bonds. The van der Waals surface area contributed by atoms with Crippen LogP contribution in [0.25, 0.3) is 6.08 Å². The number of barbiturate groups is 1. The van der Waals surface area contributed by atoms with E-state index >= 15 is 0 Å². The van der Waals surface area contributed by atoms with Crippen molar-refractivity contribution in [2.45, 2.75) is 13.3 Å². The Hall–Kier alpha value is -3.43. The molecule has 0 radical (unpaired) electrons. The number of allylic oxidation sites excluding steroid dienone is 1. The van der Waals surface area contributed by atoms with Gasteiger partial charge >= 0.3 is 12.0 Å². The standard InChI is InChI=1S/C24H20BrClN2O6/c1-4-5-15-8-14(10-18(25)21(15)34-12-20(29)33-3)9-17-22(30)27-24(32)28(23(17)31)16-7-6-13(2)19(26)11-16/h4,6-11H,1,5,12H2,2-3H3,(H,27,30,32)/b17-9-. The van der Waals surface area contributed by atoms with E-state index in [1.165, 1.54) is 19.3 Å². The highest BCUT2D eigenvalue weighted by Gasteiger charge is 2.37. The predicted molar refractivity (Wildman–Crippen MR) is 131 cm³/mol. The monoisotopic (exact) mass is 546 g/mol. The summed E-state index contributed by atoms with van der Waals surface area (Å²) in [7, 11) is 1.26. The third-order valence-electron chi connectivity index (χ3n) is 4.90. The van der Waals surface area contributed by atoms with Gasteiger partial charge in [0.25, 0.3) is 11.8 Å². The summed E-state index contributed by atoms with van der Waals surface area (Å²) < 4.78 is 10.7. The molecule has 176 valence electrons. The number of halogens is 2. The van der Waals surface area contributed by atoms with Crippen LogP contribution in [0.4, 0.5) is 10.5 Å². The quantitative estimate of drug-likeness (QED) is 0.239. The van der Waals surface area contributed by atoms with Gasteiger partial charge in [0.2, 0.25) is 0 Å². The minimum Gasteiger partial charge on any atom is -0.480 e. The normalized spacial score (nSPS) is 14.8. The van der Waals surface area contributed by atoms with Crippen molar-refractivity contribution >= 4 is 63.1 Å². The zero-order valence-corrected chi connectivity index (χ0v) is 20.7. The number of benzene rings is 2. The van der Waals surface area contributed by atoms with Gasteiger partial charge < -0.3 is 9.47 Å². The zero-order chi connectivity index (χ0) is 25.0. The van der Waals surface area contributed by atoms with E-state index in [0.29, 0.717) is 32.8 Å². The molecule has 0 unspecified atom stereocenters. The van der Waals surface area contributed by atoms with Gasteiger partial charge in [-0.1, -0.05) is 23.7 Å². The number of nitrogens with one attached hydrogen (secondary N) is 1. The number of hydrogen-bond donors (Lipinski definition) is 1. The number of imide groups is 2. The maximum Gasteiger partial charge on any atom is 0.343 e. The molecule has 1 fully saturated rings. The van der Waals surface area contributed by atoms with Gasteiger partial charge in [-0.3, -0.25) is 14.9 Å². The van der Waals surface area contributed by atoms with Crippen molar-refractivity contribution in [2.75, 3.05) is 18.6 Å². The number of amides is 4. The van der Waals surface area contributed by atoms with Gasteiger partial charge in [0.1, 0.15) is 11.3 Å². The van der Waals surface area contributed by atoms with Crippen LogP contribution in [-0.2, 0) is 25.5 Å². The molecule has 1 saturated heterocycles. The molecule has 10 heteroatoms. The predicted octanol–water partition coefficient (Wildman–Crippen LogP) is 4.36. The van der Waals surface area contributed by atoms with Crippen molar-refractivity contribution in [3.8, 4) is 5.75 Å². The first kappa shape index (κ1) is 25.2. The van der Waals surface area contributed by atoms with Crippen LogP contribution in [0.5, 0.6) is 5.75 Å². The molecule has 1 N–H and O–H groups in total. The number of carbonyl (C=O) groups is 4. The summed E-state index contributed by atoms with van der Waals surface area (Å²) in [5.74, 6) is -1.76. The van der Waals surface area contributed by atoms with Crippen LogP contribution in [0.1, 0.15) is 16.7 Å². The van der Waals surface area contributed by atoms with Crippen molar-refractivity contribution in [1.82, 2.24) is 5.32 Å². The van der Waals surface area contributed by atoms with E-state index < -0.39 is 23.8 Å². The number of anilines is 1. The van der Waals surface area contributed by atoms with Crippen LogP contribution in [0.3, 0.4) is 0 Å². The number of aryl methyl sites for hydroxylation is 1. The molecule has 0 aliphatic carbocycles. The van der Waals surface area contributed by atoms with Gasteiger partial charge in [0.15, 0.2) is 6.61 Å². The number of hydrogen-bond acceptors (Lipinski definition) is 6. The molecule has 0 atom stereocenters. The lowest BCUT2D eigenvalue weighted by Crippen LogP contribution is -2.54. The first-order valence-electron chi connectivity index (χ1n) is 9.96. The maximum atomic E-state index is 13.1. The Labute approximate surface area is 209 Å². The van der Waals surface area contributed by atoms with Crippen LogP contribution in [-0.4, -0.2) is 37.5 Å². The SMILES string of the molecule is C=CCc1cc(/C=C2/C(=O)NC(=O)N(c3ccc(C)c(Cl)c3)C2=O)cc(Br)c1OCC(=O)OC. The summed E-state index contributed by atoms with van der Waals surface area (Å²) in [5.41, 5.74) is 1.91. The molecule has 0 spiro atoms. The molecule has 8 nitrogen and oxygen atoms in total. The van der Waals surface area contributed by atoms with Crippen LogP contribution in [0.15, 0.2) is 53.0 Å². The molecule has 1 aliphatic rings. The summed E-state index contributed by atoms with van der Waals surface area (Å²) in [5, 5.41) is 2.56.